The van der Waals surface area contributed by atoms with E-state index in [0.29, 0.717) is 0 Å². The molecule has 0 fully saturated rings. The predicted molar refractivity (Wildman–Crippen MR) is 42.5 cm³/mol. The topological polar surface area (TPSA) is 256 Å². The van der Waals surface area contributed by atoms with Gasteiger partial charge in [0.2, 0.25) is 0 Å². The van der Waals surface area contributed by atoms with E-state index in [1.807, 2.05) is 0 Å². The van der Waals surface area contributed by atoms with Crippen LogP contribution in [0.4, 0.5) is 0 Å². The molecule has 0 saturated carbocycles. The predicted octanol–water partition coefficient (Wildman–Crippen LogP) is -6.96. The maximum Gasteiger partial charge on any atom is 4.00 e. The van der Waals surface area contributed by atoms with E-state index in [0.717, 1.165) is 24.3 Å². The molecule has 0 aromatic heterocycles. The molecule has 0 heterocycles. The number of carboxylic acid groups (broad SMARTS) is 4. The summed E-state index contributed by atoms with van der Waals surface area (Å²) >= 11 is 0. The third-order valence-corrected chi connectivity index (χ3v) is 0.365. The average molecular weight is 328 g/mol. The van der Waals surface area contributed by atoms with Crippen LogP contribution in [0, 0.1) is 45.3 Å². The first kappa shape index (κ1) is 30.5. The quantitative estimate of drug-likeness (QED) is 0.296. The number of carbonyl (C=O) groups is 4. The number of aliphatic carboxylic acids is 4. The fraction of sp³-hybridized carbons (Fsp3) is 0. The zero-order valence-corrected chi connectivity index (χ0v) is 11.1. The third kappa shape index (κ3) is 169. The number of rotatable bonds is 0. The number of carboxylic acids is 4. The molecule has 13 heteroatoms. The van der Waals surface area contributed by atoms with E-state index in [1.165, 1.54) is 0 Å². The van der Waals surface area contributed by atoms with Gasteiger partial charge in [0, 0.05) is 0 Å². The molecule has 0 N–H and O–H groups in total. The third-order valence-electron chi connectivity index (χ3n) is 0.365. The Bertz CT molecular complexity index is 422. The monoisotopic (exact) mass is 328 g/mol. The second-order valence-electron chi connectivity index (χ2n) is 1.60. The van der Waals surface area contributed by atoms with Crippen molar-refractivity contribution >= 4 is 23.9 Å². The molecule has 0 rings (SSSR count). The molecular formula is C8N4O8Ti. The van der Waals surface area contributed by atoms with Gasteiger partial charge in [-0.3, -0.25) is 0 Å². The van der Waals surface area contributed by atoms with Gasteiger partial charge in [-0.15, -0.1) is 0 Å². The van der Waals surface area contributed by atoms with E-state index in [9.17, 15) is 0 Å². The van der Waals surface area contributed by atoms with Crippen LogP contribution < -0.4 is 20.4 Å². The van der Waals surface area contributed by atoms with Gasteiger partial charge in [-0.25, -0.2) is 0 Å². The minimum atomic E-state index is -1.69. The maximum absolute atomic E-state index is 8.90. The van der Waals surface area contributed by atoms with Crippen LogP contribution in [-0.4, -0.2) is 23.9 Å². The second kappa shape index (κ2) is 25.4. The van der Waals surface area contributed by atoms with Crippen molar-refractivity contribution < 1.29 is 61.3 Å². The van der Waals surface area contributed by atoms with Crippen LogP contribution in [0.2, 0.25) is 0 Å². The fourth-order valence-corrected chi connectivity index (χ4v) is 0. The molecule has 0 spiro atoms. The van der Waals surface area contributed by atoms with E-state index in [1.54, 1.807) is 0 Å². The molecule has 0 atom stereocenters. The molecule has 0 bridgehead atoms. The summed E-state index contributed by atoms with van der Waals surface area (Å²) in [6, 6.07) is 3.33. The Balaban J connectivity index is -0.0000000533. The van der Waals surface area contributed by atoms with Gasteiger partial charge in [0.05, 0.1) is 0 Å². The van der Waals surface area contributed by atoms with E-state index in [2.05, 4.69) is 0 Å². The van der Waals surface area contributed by atoms with Crippen LogP contribution in [0.25, 0.3) is 0 Å². The molecule has 0 amide bonds. The second-order valence-corrected chi connectivity index (χ2v) is 1.60. The molecule has 12 nitrogen and oxygen atoms in total. The van der Waals surface area contributed by atoms with Crippen LogP contribution in [0.5, 0.6) is 0 Å². The molecule has 0 unspecified atom stereocenters. The van der Waals surface area contributed by atoms with Crippen molar-refractivity contribution in [2.75, 3.05) is 0 Å². The summed E-state index contributed by atoms with van der Waals surface area (Å²) in [7, 11) is 0. The molecule has 0 aliphatic carbocycles. The van der Waals surface area contributed by atoms with E-state index < -0.39 is 23.9 Å². The zero-order valence-electron chi connectivity index (χ0n) is 9.55. The van der Waals surface area contributed by atoms with Gasteiger partial charge in [0.15, 0.2) is 0 Å². The van der Waals surface area contributed by atoms with Crippen molar-refractivity contribution in [2.24, 2.45) is 0 Å². The van der Waals surface area contributed by atoms with Crippen LogP contribution in [0.3, 0.4) is 0 Å². The van der Waals surface area contributed by atoms with Crippen molar-refractivity contribution in [1.82, 2.24) is 0 Å². The van der Waals surface area contributed by atoms with Gasteiger partial charge < -0.3 is 39.6 Å². The van der Waals surface area contributed by atoms with Crippen molar-refractivity contribution in [3.63, 3.8) is 0 Å². The Morgan fingerprint density at radius 1 is 0.524 bits per heavy atom. The molecule has 0 aliphatic rings. The Morgan fingerprint density at radius 2 is 0.571 bits per heavy atom. The molecule has 21 heavy (non-hydrogen) atoms. The standard InChI is InChI=1S/4C2HNO2.Ti/c4*3-1-2(4)5;/h4*(H,4,5);/q;;;;+4/p-4. The number of nitrogens with zero attached hydrogens (tertiary/aromatic N) is 4. The van der Waals surface area contributed by atoms with Gasteiger partial charge in [-0.1, -0.05) is 0 Å². The molecule has 0 aliphatic heterocycles. The van der Waals surface area contributed by atoms with Gasteiger partial charge in [-0.2, -0.15) is 21.0 Å². The largest absolute Gasteiger partial charge is 4.00 e. The van der Waals surface area contributed by atoms with Gasteiger partial charge in [-0.05, 0) is 0 Å². The summed E-state index contributed by atoms with van der Waals surface area (Å²) < 4.78 is 0. The van der Waals surface area contributed by atoms with Crippen molar-refractivity contribution in [1.29, 1.82) is 21.0 Å². The minimum absolute atomic E-state index is 0. The smallest absolute Gasteiger partial charge is 0.535 e. The number of nitriles is 4. The molecular weight excluding hydrogens is 328 g/mol. The SMILES string of the molecule is N#CC(=O)[O-].N#CC(=O)[O-].N#CC(=O)[O-].N#CC(=O)[O-].[Ti+4]. The number of hydrogen-bond acceptors (Lipinski definition) is 12. The summed E-state index contributed by atoms with van der Waals surface area (Å²) in [6.45, 7) is 0. The summed E-state index contributed by atoms with van der Waals surface area (Å²) in [4.78, 5) is 35.6. The summed E-state index contributed by atoms with van der Waals surface area (Å²) in [6.07, 6.45) is 0. The van der Waals surface area contributed by atoms with E-state index in [4.69, 9.17) is 60.7 Å². The van der Waals surface area contributed by atoms with E-state index in [-0.39, 0.29) is 21.7 Å². The average Bonchev–Trinajstić information content (AvgIpc) is 2.40. The normalized spacial score (nSPS) is 5.14. The molecule has 104 valence electrons. The fourth-order valence-electron chi connectivity index (χ4n) is 0. The van der Waals surface area contributed by atoms with Crippen LogP contribution >= 0.6 is 0 Å². The van der Waals surface area contributed by atoms with E-state index >= 15 is 0 Å². The summed E-state index contributed by atoms with van der Waals surface area (Å²) in [5, 5.41) is 64.5. The Hall–Kier alpha value is -3.45. The zero-order chi connectivity index (χ0) is 17.1. The Kier molecular flexibility index (Phi) is 36.9. The molecule has 0 aromatic rings. The summed E-state index contributed by atoms with van der Waals surface area (Å²) in [5.41, 5.74) is 0. The maximum atomic E-state index is 8.90. The van der Waals surface area contributed by atoms with Gasteiger partial charge >= 0.3 is 21.7 Å². The van der Waals surface area contributed by atoms with Crippen LogP contribution in [-0.2, 0) is 40.9 Å². The number of hydrogen-bond donors (Lipinski definition) is 0. The summed E-state index contributed by atoms with van der Waals surface area (Å²) in [5.74, 6) is -6.76. The molecule has 0 aromatic carbocycles. The van der Waals surface area contributed by atoms with Crippen molar-refractivity contribution in [3.8, 4) is 24.3 Å². The van der Waals surface area contributed by atoms with Gasteiger partial charge in [0.25, 0.3) is 0 Å². The first-order valence-corrected chi connectivity index (χ1v) is 3.53. The van der Waals surface area contributed by atoms with Gasteiger partial charge in [0.1, 0.15) is 48.2 Å². The molecule has 0 saturated heterocycles. The number of carbonyl (C=O) groups excluding carboxylic acids is 4. The van der Waals surface area contributed by atoms with Crippen LogP contribution in [0.1, 0.15) is 0 Å². The van der Waals surface area contributed by atoms with Crippen molar-refractivity contribution in [2.45, 2.75) is 0 Å². The minimum Gasteiger partial charge on any atom is -0.535 e. The Morgan fingerprint density at radius 3 is 0.571 bits per heavy atom. The van der Waals surface area contributed by atoms with Crippen molar-refractivity contribution in [3.05, 3.63) is 0 Å². The molecule has 0 radical (unpaired) electrons. The van der Waals surface area contributed by atoms with Crippen LogP contribution in [0.15, 0.2) is 0 Å². The first-order valence-electron chi connectivity index (χ1n) is 3.53. The first-order chi connectivity index (χ1) is 9.08. The Labute approximate surface area is 131 Å².